The third kappa shape index (κ3) is 4.05. The fourth-order valence-electron chi connectivity index (χ4n) is 8.24. The molecule has 224 valence electrons. The first-order valence-electron chi connectivity index (χ1n) is 14.9. The molecule has 0 aliphatic carbocycles. The number of alkyl halides is 1. The Kier molecular flexibility index (Phi) is 6.63. The summed E-state index contributed by atoms with van der Waals surface area (Å²) in [5.74, 6) is -1.18. The van der Waals surface area contributed by atoms with Crippen LogP contribution in [0.4, 0.5) is 10.1 Å². The Morgan fingerprint density at radius 2 is 1.90 bits per heavy atom. The standard InChI is InChI=1S/C34H41FN2O5/c1-19-16-32(3,4)37-30-25(19)13-24(41-7)14-26(30)34(31(37)40)20(2)29(33(5,6)35)27(42-34)15-28(39)36-17-22-11-9-8-10-21(22)12-23(36)18-38/h8-11,13-14,16,20,23,27,29,38H,12,15,17-18H2,1-7H3/t20-,23+,27+,29-,34+/m1/s1. The van der Waals surface area contributed by atoms with Gasteiger partial charge in [0.25, 0.3) is 5.91 Å². The van der Waals surface area contributed by atoms with Crippen LogP contribution in [-0.2, 0) is 32.9 Å². The van der Waals surface area contributed by atoms with Crippen molar-refractivity contribution in [3.8, 4) is 5.75 Å². The predicted molar refractivity (Wildman–Crippen MR) is 159 cm³/mol. The number of hydrogen-bond acceptors (Lipinski definition) is 5. The van der Waals surface area contributed by atoms with Gasteiger partial charge in [-0.15, -0.1) is 0 Å². The lowest BCUT2D eigenvalue weighted by molar-refractivity contribution is -0.152. The molecule has 1 fully saturated rings. The second-order valence-electron chi connectivity index (χ2n) is 13.5. The molecule has 0 aromatic heterocycles. The van der Waals surface area contributed by atoms with Gasteiger partial charge in [0.1, 0.15) is 11.4 Å². The summed E-state index contributed by atoms with van der Waals surface area (Å²) in [6, 6.07) is 11.3. The molecule has 42 heavy (non-hydrogen) atoms. The van der Waals surface area contributed by atoms with E-state index in [1.54, 1.807) is 16.9 Å². The van der Waals surface area contributed by atoms with E-state index in [-0.39, 0.29) is 30.9 Å². The highest BCUT2D eigenvalue weighted by Crippen LogP contribution is 2.62. The fourth-order valence-corrected chi connectivity index (χ4v) is 8.24. The Morgan fingerprint density at radius 3 is 2.55 bits per heavy atom. The molecular formula is C34H41FN2O5. The van der Waals surface area contributed by atoms with E-state index in [2.05, 4.69) is 6.08 Å². The Hall–Kier alpha value is -3.23. The fraction of sp³-hybridized carbons (Fsp3) is 0.529. The molecule has 7 nitrogen and oxygen atoms in total. The maximum atomic E-state index is 16.2. The Morgan fingerprint density at radius 1 is 1.21 bits per heavy atom. The molecule has 0 unspecified atom stereocenters. The average Bonchev–Trinajstić information content (AvgIpc) is 3.37. The molecule has 6 rings (SSSR count). The highest BCUT2D eigenvalue weighted by Gasteiger charge is 2.68. The largest absolute Gasteiger partial charge is 0.497 e. The first kappa shape index (κ1) is 28.9. The van der Waals surface area contributed by atoms with Crippen molar-refractivity contribution in [1.29, 1.82) is 0 Å². The van der Waals surface area contributed by atoms with Crippen LogP contribution in [0.25, 0.3) is 5.57 Å². The Labute approximate surface area is 247 Å². The zero-order chi connectivity index (χ0) is 30.4. The van der Waals surface area contributed by atoms with Gasteiger partial charge in [0.15, 0.2) is 5.60 Å². The Bertz CT molecular complexity index is 1490. The van der Waals surface area contributed by atoms with Crippen molar-refractivity contribution in [3.63, 3.8) is 0 Å². The second kappa shape index (κ2) is 9.64. The number of fused-ring (bicyclic) bond motifs is 2. The van der Waals surface area contributed by atoms with Gasteiger partial charge in [0.05, 0.1) is 43.5 Å². The van der Waals surface area contributed by atoms with Crippen molar-refractivity contribution in [3.05, 3.63) is 64.7 Å². The molecule has 2 aromatic carbocycles. The van der Waals surface area contributed by atoms with E-state index in [1.165, 1.54) is 13.8 Å². The first-order valence-corrected chi connectivity index (χ1v) is 14.9. The van der Waals surface area contributed by atoms with Gasteiger partial charge in [-0.3, -0.25) is 14.5 Å². The van der Waals surface area contributed by atoms with Crippen LogP contribution in [0, 0.1) is 11.8 Å². The number of anilines is 1. The van der Waals surface area contributed by atoms with E-state index in [9.17, 15) is 14.7 Å². The molecule has 0 radical (unpaired) electrons. The number of benzene rings is 2. The summed E-state index contributed by atoms with van der Waals surface area (Å²) in [7, 11) is 1.59. The van der Waals surface area contributed by atoms with Crippen LogP contribution >= 0.6 is 0 Å². The molecule has 2 aromatic rings. The summed E-state index contributed by atoms with van der Waals surface area (Å²) in [5, 5.41) is 10.2. The molecule has 1 saturated heterocycles. The summed E-state index contributed by atoms with van der Waals surface area (Å²) in [4.78, 5) is 32.1. The zero-order valence-electron chi connectivity index (χ0n) is 25.5. The summed E-state index contributed by atoms with van der Waals surface area (Å²) < 4.78 is 28.7. The number of amides is 2. The van der Waals surface area contributed by atoms with Crippen molar-refractivity contribution in [2.45, 2.75) is 89.9 Å². The van der Waals surface area contributed by atoms with Crippen LogP contribution in [0.3, 0.4) is 0 Å². The molecule has 4 aliphatic heterocycles. The van der Waals surface area contributed by atoms with Gasteiger partial charge in [-0.1, -0.05) is 37.3 Å². The van der Waals surface area contributed by atoms with Crippen molar-refractivity contribution in [1.82, 2.24) is 4.90 Å². The van der Waals surface area contributed by atoms with Crippen LogP contribution in [0.5, 0.6) is 5.75 Å². The lowest BCUT2D eigenvalue weighted by atomic mass is 9.71. The SMILES string of the molecule is COc1cc2c3c(c1)[C@]1(O[C@@H](CC(=O)N4Cc5ccccc5C[C@H]4CO)[C@H](C(C)(C)F)[C@H]1C)C(=O)N3C(C)(C)C=C2C. The third-order valence-electron chi connectivity index (χ3n) is 10.0. The van der Waals surface area contributed by atoms with Crippen molar-refractivity contribution < 1.29 is 28.6 Å². The van der Waals surface area contributed by atoms with E-state index in [0.29, 0.717) is 24.3 Å². The molecule has 0 saturated carbocycles. The number of hydrogen-bond donors (Lipinski definition) is 1. The number of methoxy groups -OCH3 is 1. The molecule has 5 atom stereocenters. The molecule has 1 spiro atoms. The highest BCUT2D eigenvalue weighted by atomic mass is 19.1. The minimum atomic E-state index is -1.74. The minimum Gasteiger partial charge on any atom is -0.497 e. The average molecular weight is 577 g/mol. The van der Waals surface area contributed by atoms with Crippen molar-refractivity contribution >= 4 is 23.1 Å². The van der Waals surface area contributed by atoms with Crippen LogP contribution in [-0.4, -0.2) is 58.9 Å². The molecule has 1 N–H and O–H groups in total. The number of ether oxygens (including phenoxy) is 2. The molecular weight excluding hydrogens is 535 g/mol. The molecule has 2 amide bonds. The number of aliphatic hydroxyl groups excluding tert-OH is 1. The van der Waals surface area contributed by atoms with E-state index in [1.807, 2.05) is 64.1 Å². The predicted octanol–water partition coefficient (Wildman–Crippen LogP) is 5.17. The van der Waals surface area contributed by atoms with Crippen LogP contribution < -0.4 is 9.64 Å². The maximum Gasteiger partial charge on any atom is 0.265 e. The van der Waals surface area contributed by atoms with Gasteiger partial charge >= 0.3 is 0 Å². The second-order valence-corrected chi connectivity index (χ2v) is 13.5. The van der Waals surface area contributed by atoms with Gasteiger partial charge in [0, 0.05) is 29.5 Å². The van der Waals surface area contributed by atoms with E-state index >= 15 is 4.39 Å². The van der Waals surface area contributed by atoms with Crippen LogP contribution in [0.1, 0.15) is 70.2 Å². The molecule has 0 bridgehead atoms. The van der Waals surface area contributed by atoms with Gasteiger partial charge < -0.3 is 19.5 Å². The first-order chi connectivity index (χ1) is 19.7. The number of rotatable bonds is 5. The number of nitrogens with zero attached hydrogens (tertiary/aromatic N) is 2. The number of carbonyl (C=O) groups is 2. The topological polar surface area (TPSA) is 79.3 Å². The van der Waals surface area contributed by atoms with Gasteiger partial charge in [0.2, 0.25) is 5.91 Å². The van der Waals surface area contributed by atoms with Crippen molar-refractivity contribution in [2.24, 2.45) is 11.8 Å². The third-order valence-corrected chi connectivity index (χ3v) is 10.0. The summed E-state index contributed by atoms with van der Waals surface area (Å²) >= 11 is 0. The Balaban J connectivity index is 1.42. The molecule has 4 aliphatic rings. The monoisotopic (exact) mass is 576 g/mol. The van der Waals surface area contributed by atoms with E-state index < -0.39 is 34.7 Å². The number of allylic oxidation sites excluding steroid dienone is 1. The quantitative estimate of drug-likeness (QED) is 0.532. The number of carbonyl (C=O) groups excluding carboxylic acids is 2. The van der Waals surface area contributed by atoms with E-state index in [4.69, 9.17) is 9.47 Å². The van der Waals surface area contributed by atoms with Crippen LogP contribution in [0.2, 0.25) is 0 Å². The van der Waals surface area contributed by atoms with E-state index in [0.717, 1.165) is 28.0 Å². The summed E-state index contributed by atoms with van der Waals surface area (Å²) in [5.41, 5.74) is 1.66. The smallest absolute Gasteiger partial charge is 0.265 e. The lowest BCUT2D eigenvalue weighted by Crippen LogP contribution is -2.53. The van der Waals surface area contributed by atoms with Gasteiger partial charge in [-0.2, -0.15) is 0 Å². The summed E-state index contributed by atoms with van der Waals surface area (Å²) in [6.07, 6.45) is 1.67. The minimum absolute atomic E-state index is 0.0944. The van der Waals surface area contributed by atoms with Gasteiger partial charge in [-0.05, 0) is 69.9 Å². The number of aliphatic hydroxyl groups is 1. The summed E-state index contributed by atoms with van der Waals surface area (Å²) in [6.45, 7) is 11.1. The highest BCUT2D eigenvalue weighted by molar-refractivity contribution is 6.12. The lowest BCUT2D eigenvalue weighted by Gasteiger charge is -2.39. The van der Waals surface area contributed by atoms with Gasteiger partial charge in [-0.25, -0.2) is 4.39 Å². The number of halogens is 1. The molecule has 8 heteroatoms. The normalized spacial score (nSPS) is 29.5. The van der Waals surface area contributed by atoms with Crippen LogP contribution in [0.15, 0.2) is 42.5 Å². The molecule has 4 heterocycles. The maximum absolute atomic E-state index is 16.2. The zero-order valence-corrected chi connectivity index (χ0v) is 25.5. The van der Waals surface area contributed by atoms with Crippen molar-refractivity contribution in [2.75, 3.05) is 18.6 Å².